The van der Waals surface area contributed by atoms with Gasteiger partial charge in [0.25, 0.3) is 0 Å². The molecule has 29 heavy (non-hydrogen) atoms. The fourth-order valence-corrected chi connectivity index (χ4v) is 3.54. The number of carbonyl (C=O) groups excluding carboxylic acids is 1. The summed E-state index contributed by atoms with van der Waals surface area (Å²) in [6.07, 6.45) is -3.14. The first-order chi connectivity index (χ1) is 13.7. The Morgan fingerprint density at radius 3 is 2.55 bits per heavy atom. The smallest absolute Gasteiger partial charge is 0.335 e. The van der Waals surface area contributed by atoms with Gasteiger partial charge in [-0.2, -0.15) is 18.3 Å². The quantitative estimate of drug-likeness (QED) is 0.657. The van der Waals surface area contributed by atoms with E-state index in [1.54, 1.807) is 18.2 Å². The van der Waals surface area contributed by atoms with Gasteiger partial charge in [-0.15, -0.1) is 0 Å². The van der Waals surface area contributed by atoms with E-state index in [2.05, 4.69) is 5.10 Å². The molecule has 1 aromatic carbocycles. The van der Waals surface area contributed by atoms with E-state index in [9.17, 15) is 22.4 Å². The molecule has 0 N–H and O–H groups in total. The van der Waals surface area contributed by atoms with Gasteiger partial charge in [-0.3, -0.25) is 9.48 Å². The second-order valence-electron chi connectivity index (χ2n) is 7.49. The summed E-state index contributed by atoms with van der Waals surface area (Å²) in [5, 5.41) is 3.70. The molecule has 1 amide bonds. The van der Waals surface area contributed by atoms with Crippen molar-refractivity contribution in [2.75, 3.05) is 27.2 Å². The second kappa shape index (κ2) is 8.52. The Morgan fingerprint density at radius 2 is 1.90 bits per heavy atom. The van der Waals surface area contributed by atoms with E-state index in [1.165, 1.54) is 15.6 Å². The number of alkyl halides is 3. The van der Waals surface area contributed by atoms with Gasteiger partial charge in [-0.25, -0.2) is 4.39 Å². The van der Waals surface area contributed by atoms with E-state index in [-0.39, 0.29) is 24.6 Å². The summed E-state index contributed by atoms with van der Waals surface area (Å²) in [5.74, 6) is -0.810. The van der Waals surface area contributed by atoms with Gasteiger partial charge in [-0.05, 0) is 39.4 Å². The average molecular weight is 412 g/mol. The van der Waals surface area contributed by atoms with E-state index in [4.69, 9.17) is 0 Å². The highest BCUT2D eigenvalue weighted by molar-refractivity contribution is 5.76. The SMILES string of the molecule is CN(C)CCN(Cc1ccccc1F)C(=O)Cn1nc(C(F)(F)F)c2c1CCC2. The molecule has 9 heteroatoms. The number of amides is 1. The number of benzene rings is 1. The van der Waals surface area contributed by atoms with Crippen LogP contribution in [0.1, 0.15) is 28.9 Å². The zero-order chi connectivity index (χ0) is 21.2. The number of likely N-dealkylation sites (N-methyl/N-ethyl adjacent to an activating group) is 1. The highest BCUT2D eigenvalue weighted by atomic mass is 19.4. The van der Waals surface area contributed by atoms with Crippen molar-refractivity contribution in [3.8, 4) is 0 Å². The molecule has 2 aromatic rings. The topological polar surface area (TPSA) is 41.4 Å². The van der Waals surface area contributed by atoms with Gasteiger partial charge in [0.1, 0.15) is 12.4 Å². The predicted molar refractivity (Wildman–Crippen MR) is 99.6 cm³/mol. The summed E-state index contributed by atoms with van der Waals surface area (Å²) in [5.41, 5.74) is 0.136. The first-order valence-electron chi connectivity index (χ1n) is 9.48. The van der Waals surface area contributed by atoms with Crippen molar-refractivity contribution >= 4 is 5.91 Å². The van der Waals surface area contributed by atoms with Crippen molar-refractivity contribution < 1.29 is 22.4 Å². The summed E-state index contributed by atoms with van der Waals surface area (Å²) in [7, 11) is 3.70. The molecule has 1 heterocycles. The number of halogens is 4. The van der Waals surface area contributed by atoms with Gasteiger partial charge in [0.15, 0.2) is 5.69 Å². The minimum atomic E-state index is -4.54. The van der Waals surface area contributed by atoms with E-state index in [1.807, 2.05) is 19.0 Å². The Morgan fingerprint density at radius 1 is 1.17 bits per heavy atom. The molecular formula is C20H24F4N4O. The molecule has 0 spiro atoms. The fraction of sp³-hybridized carbons (Fsp3) is 0.500. The normalized spacial score (nSPS) is 13.8. The van der Waals surface area contributed by atoms with Crippen LogP contribution in [0.25, 0.3) is 0 Å². The lowest BCUT2D eigenvalue weighted by molar-refractivity contribution is -0.142. The monoisotopic (exact) mass is 412 g/mol. The minimum Gasteiger partial charge on any atom is -0.335 e. The number of hydrogen-bond acceptors (Lipinski definition) is 3. The molecule has 3 rings (SSSR count). The molecule has 0 fully saturated rings. The first-order valence-corrected chi connectivity index (χ1v) is 9.48. The van der Waals surface area contributed by atoms with Crippen LogP contribution in [0.15, 0.2) is 24.3 Å². The molecule has 5 nitrogen and oxygen atoms in total. The molecule has 0 unspecified atom stereocenters. The van der Waals surface area contributed by atoms with Gasteiger partial charge >= 0.3 is 6.18 Å². The van der Waals surface area contributed by atoms with E-state index >= 15 is 0 Å². The van der Waals surface area contributed by atoms with Gasteiger partial charge in [-0.1, -0.05) is 18.2 Å². The highest BCUT2D eigenvalue weighted by Gasteiger charge is 2.40. The Bertz CT molecular complexity index is 876. The largest absolute Gasteiger partial charge is 0.435 e. The molecule has 0 bridgehead atoms. The lowest BCUT2D eigenvalue weighted by Crippen LogP contribution is -2.38. The third kappa shape index (κ3) is 4.95. The van der Waals surface area contributed by atoms with Crippen LogP contribution in [0.5, 0.6) is 0 Å². The van der Waals surface area contributed by atoms with E-state index in [0.717, 1.165) is 0 Å². The molecule has 0 aliphatic heterocycles. The molecule has 0 saturated heterocycles. The number of rotatable bonds is 7. The van der Waals surface area contributed by atoms with Gasteiger partial charge < -0.3 is 9.80 Å². The Balaban J connectivity index is 1.82. The molecule has 1 aliphatic carbocycles. The van der Waals surface area contributed by atoms with Crippen LogP contribution >= 0.6 is 0 Å². The third-order valence-electron chi connectivity index (χ3n) is 5.05. The third-order valence-corrected chi connectivity index (χ3v) is 5.05. The molecular weight excluding hydrogens is 388 g/mol. The number of aromatic nitrogens is 2. The zero-order valence-electron chi connectivity index (χ0n) is 16.5. The summed E-state index contributed by atoms with van der Waals surface area (Å²) >= 11 is 0. The van der Waals surface area contributed by atoms with Crippen molar-refractivity contribution in [3.63, 3.8) is 0 Å². The van der Waals surface area contributed by atoms with Crippen LogP contribution in [0.2, 0.25) is 0 Å². The van der Waals surface area contributed by atoms with Gasteiger partial charge in [0.05, 0.1) is 0 Å². The first kappa shape index (κ1) is 21.3. The summed E-state index contributed by atoms with van der Waals surface area (Å²) in [4.78, 5) is 16.3. The zero-order valence-corrected chi connectivity index (χ0v) is 16.5. The van der Waals surface area contributed by atoms with Gasteiger partial charge in [0, 0.05) is 36.5 Å². The van der Waals surface area contributed by atoms with Crippen molar-refractivity contribution in [3.05, 3.63) is 52.6 Å². The Labute approximate surface area is 166 Å². The molecule has 0 atom stereocenters. The van der Waals surface area contributed by atoms with Crippen LogP contribution in [-0.2, 0) is 36.9 Å². The van der Waals surface area contributed by atoms with E-state index in [0.29, 0.717) is 43.6 Å². The molecule has 0 radical (unpaired) electrons. The summed E-state index contributed by atoms with van der Waals surface area (Å²) in [6.45, 7) is 0.635. The van der Waals surface area contributed by atoms with Crippen molar-refractivity contribution in [1.82, 2.24) is 19.6 Å². The van der Waals surface area contributed by atoms with Crippen LogP contribution in [0.3, 0.4) is 0 Å². The molecule has 1 aromatic heterocycles. The predicted octanol–water partition coefficient (Wildman–Crippen LogP) is 3.12. The maximum atomic E-state index is 14.1. The lowest BCUT2D eigenvalue weighted by Gasteiger charge is -2.25. The maximum absolute atomic E-state index is 14.1. The number of fused-ring (bicyclic) bond motifs is 1. The number of hydrogen-bond donors (Lipinski definition) is 0. The average Bonchev–Trinajstić information content (AvgIpc) is 3.23. The minimum absolute atomic E-state index is 0.0505. The Hall–Kier alpha value is -2.42. The van der Waals surface area contributed by atoms with Crippen LogP contribution < -0.4 is 0 Å². The highest BCUT2D eigenvalue weighted by Crippen LogP contribution is 2.36. The van der Waals surface area contributed by atoms with Crippen molar-refractivity contribution in [1.29, 1.82) is 0 Å². The second-order valence-corrected chi connectivity index (χ2v) is 7.49. The standard InChI is InChI=1S/C20H24F4N4O/c1-26(2)10-11-27(12-14-6-3-4-8-16(14)21)18(29)13-28-17-9-5-7-15(17)19(25-28)20(22,23)24/h3-4,6,8H,5,7,9-13H2,1-2H3. The van der Waals surface area contributed by atoms with Gasteiger partial charge in [0.2, 0.25) is 5.91 Å². The maximum Gasteiger partial charge on any atom is 0.435 e. The number of nitrogens with zero attached hydrogens (tertiary/aromatic N) is 4. The Kier molecular flexibility index (Phi) is 6.26. The van der Waals surface area contributed by atoms with E-state index < -0.39 is 17.7 Å². The lowest BCUT2D eigenvalue weighted by atomic mass is 10.2. The van der Waals surface area contributed by atoms with Crippen LogP contribution in [0.4, 0.5) is 17.6 Å². The molecule has 0 saturated carbocycles. The molecule has 158 valence electrons. The summed E-state index contributed by atoms with van der Waals surface area (Å²) in [6, 6.07) is 6.16. The van der Waals surface area contributed by atoms with Crippen molar-refractivity contribution in [2.45, 2.75) is 38.5 Å². The number of carbonyl (C=O) groups is 1. The van der Waals surface area contributed by atoms with Crippen LogP contribution in [0, 0.1) is 5.82 Å². The molecule has 1 aliphatic rings. The summed E-state index contributed by atoms with van der Waals surface area (Å²) < 4.78 is 55.1. The fourth-order valence-electron chi connectivity index (χ4n) is 3.54. The van der Waals surface area contributed by atoms with Crippen LogP contribution in [-0.4, -0.2) is 52.7 Å². The van der Waals surface area contributed by atoms with Crippen molar-refractivity contribution in [2.24, 2.45) is 0 Å².